The minimum Gasteiger partial charge on any atom is -0.492 e. The van der Waals surface area contributed by atoms with Crippen molar-refractivity contribution in [2.75, 3.05) is 19.7 Å². The number of hydrogen-bond donors (Lipinski definition) is 4. The first-order valence-electron chi connectivity index (χ1n) is 11.9. The van der Waals surface area contributed by atoms with Crippen molar-refractivity contribution in [2.24, 2.45) is 5.92 Å². The van der Waals surface area contributed by atoms with Crippen LogP contribution in [0.5, 0.6) is 5.75 Å². The average molecular weight is 498 g/mol. The molecule has 1 aliphatic carbocycles. The zero-order valence-electron chi connectivity index (χ0n) is 20.0. The molecule has 1 aromatic carbocycles. The minimum atomic E-state index is -1.19. The number of aliphatic hydroxyl groups is 2. The van der Waals surface area contributed by atoms with Crippen LogP contribution in [-0.2, 0) is 4.79 Å². The third kappa shape index (κ3) is 4.63. The maximum absolute atomic E-state index is 14.0. The van der Waals surface area contributed by atoms with Crippen molar-refractivity contribution < 1.29 is 28.9 Å². The largest absolute Gasteiger partial charge is 0.492 e. The van der Waals surface area contributed by atoms with Crippen LogP contribution in [0.1, 0.15) is 35.8 Å². The fourth-order valence-corrected chi connectivity index (χ4v) is 4.52. The van der Waals surface area contributed by atoms with Gasteiger partial charge in [0, 0.05) is 30.4 Å². The zero-order valence-corrected chi connectivity index (χ0v) is 20.0. The molecule has 2 aromatic heterocycles. The number of nitrogens with one attached hydrogen (secondary N) is 2. The van der Waals surface area contributed by atoms with Crippen molar-refractivity contribution in [3.8, 4) is 17.0 Å². The Morgan fingerprint density at radius 3 is 2.81 bits per heavy atom. The quantitative estimate of drug-likeness (QED) is 0.388. The molecule has 11 heteroatoms. The van der Waals surface area contributed by atoms with Crippen molar-refractivity contribution >= 4 is 22.8 Å². The second kappa shape index (κ2) is 9.47. The lowest BCUT2D eigenvalue weighted by molar-refractivity contribution is -0.138. The van der Waals surface area contributed by atoms with E-state index in [1.165, 1.54) is 30.3 Å². The van der Waals surface area contributed by atoms with E-state index in [9.17, 15) is 24.2 Å². The van der Waals surface area contributed by atoms with Crippen molar-refractivity contribution in [3.63, 3.8) is 0 Å². The van der Waals surface area contributed by atoms with E-state index in [0.717, 1.165) is 12.8 Å². The summed E-state index contributed by atoms with van der Waals surface area (Å²) in [5, 5.41) is 22.7. The number of fused-ring (bicyclic) bond motifs is 1. The van der Waals surface area contributed by atoms with Crippen LogP contribution in [0.15, 0.2) is 24.5 Å². The van der Waals surface area contributed by atoms with Crippen LogP contribution in [0.25, 0.3) is 22.3 Å². The Labute approximate surface area is 206 Å². The predicted molar refractivity (Wildman–Crippen MR) is 128 cm³/mol. The number of β-amino-alcohol motifs (C(OH)–C–C–N with tert-alkyl or cyclic N) is 1. The normalized spacial score (nSPS) is 20.5. The molecular weight excluding hydrogens is 469 g/mol. The van der Waals surface area contributed by atoms with Crippen molar-refractivity contribution in [3.05, 3.63) is 41.6 Å². The molecule has 10 nitrogen and oxygen atoms in total. The average Bonchev–Trinajstić information content (AvgIpc) is 3.51. The number of hydrogen-bond acceptors (Lipinski definition) is 7. The number of carbonyl (C=O) groups is 2. The standard InChI is InChI=1S/C25H28FN5O5/c1-12-20(24(34)30-17-8-31(9-18(17)33)25(35)13(2)32)22-23(29-12)21(27-11-28-22)16-6-5-15(26)7-19(16)36-10-14-3-4-14/h5-7,11,13-14,17-18,29,32-33H,3-4,8-10H2,1-2H3,(H,30,34)/t13-,17-,18+/m0/s1. The highest BCUT2D eigenvalue weighted by atomic mass is 19.1. The highest BCUT2D eigenvalue weighted by Gasteiger charge is 2.37. The van der Waals surface area contributed by atoms with Gasteiger partial charge >= 0.3 is 0 Å². The first kappa shape index (κ1) is 24.1. The summed E-state index contributed by atoms with van der Waals surface area (Å²) >= 11 is 0. The maximum atomic E-state index is 14.0. The number of halogens is 1. The highest BCUT2D eigenvalue weighted by molar-refractivity contribution is 6.09. The number of amides is 2. The van der Waals surface area contributed by atoms with Gasteiger partial charge in [0.15, 0.2) is 0 Å². The summed E-state index contributed by atoms with van der Waals surface area (Å²) in [7, 11) is 0. The van der Waals surface area contributed by atoms with Crippen LogP contribution in [0.3, 0.4) is 0 Å². The van der Waals surface area contributed by atoms with Gasteiger partial charge in [-0.25, -0.2) is 14.4 Å². The van der Waals surface area contributed by atoms with Crippen LogP contribution < -0.4 is 10.1 Å². The monoisotopic (exact) mass is 497 g/mol. The number of ether oxygens (including phenoxy) is 1. The van der Waals surface area contributed by atoms with E-state index in [0.29, 0.717) is 46.3 Å². The van der Waals surface area contributed by atoms with Crippen molar-refractivity contribution in [1.29, 1.82) is 0 Å². The summed E-state index contributed by atoms with van der Waals surface area (Å²) in [6.07, 6.45) is 1.36. The molecule has 1 saturated carbocycles. The summed E-state index contributed by atoms with van der Waals surface area (Å²) in [4.78, 5) is 38.6. The summed E-state index contributed by atoms with van der Waals surface area (Å²) in [6.45, 7) is 3.68. The summed E-state index contributed by atoms with van der Waals surface area (Å²) < 4.78 is 19.9. The van der Waals surface area contributed by atoms with Gasteiger partial charge in [-0.1, -0.05) is 0 Å². The Bertz CT molecular complexity index is 1320. The van der Waals surface area contributed by atoms with E-state index in [-0.39, 0.29) is 18.7 Å². The van der Waals surface area contributed by atoms with Crippen LogP contribution in [0.2, 0.25) is 0 Å². The molecule has 3 atom stereocenters. The smallest absolute Gasteiger partial charge is 0.255 e. The van der Waals surface area contributed by atoms with Crippen LogP contribution in [0.4, 0.5) is 4.39 Å². The summed E-state index contributed by atoms with van der Waals surface area (Å²) in [5.41, 5.74) is 2.75. The van der Waals surface area contributed by atoms with Crippen LogP contribution >= 0.6 is 0 Å². The molecule has 2 amide bonds. The fraction of sp³-hybridized carbons (Fsp3) is 0.440. The molecular formula is C25H28FN5O5. The number of rotatable bonds is 7. The number of benzene rings is 1. The van der Waals surface area contributed by atoms with Gasteiger partial charge in [-0.2, -0.15) is 0 Å². The minimum absolute atomic E-state index is 0.0159. The fourth-order valence-electron chi connectivity index (χ4n) is 4.52. The van der Waals surface area contributed by atoms with E-state index in [2.05, 4.69) is 20.3 Å². The molecule has 3 aromatic rings. The highest BCUT2D eigenvalue weighted by Crippen LogP contribution is 2.36. The number of carbonyl (C=O) groups excluding carboxylic acids is 2. The van der Waals surface area contributed by atoms with E-state index in [1.807, 2.05) is 0 Å². The number of aromatic amines is 1. The van der Waals surface area contributed by atoms with E-state index in [1.54, 1.807) is 13.0 Å². The predicted octanol–water partition coefficient (Wildman–Crippen LogP) is 1.54. The van der Waals surface area contributed by atoms with Crippen LogP contribution in [-0.4, -0.2) is 79.8 Å². The van der Waals surface area contributed by atoms with Gasteiger partial charge in [-0.3, -0.25) is 9.59 Å². The maximum Gasteiger partial charge on any atom is 0.255 e. The molecule has 0 bridgehead atoms. The summed E-state index contributed by atoms with van der Waals surface area (Å²) in [5.74, 6) is -0.547. The summed E-state index contributed by atoms with van der Waals surface area (Å²) in [6, 6.07) is 3.55. The molecule has 190 valence electrons. The Morgan fingerprint density at radius 1 is 1.31 bits per heavy atom. The topological polar surface area (TPSA) is 141 Å². The van der Waals surface area contributed by atoms with Gasteiger partial charge in [0.05, 0.1) is 29.8 Å². The Hall–Kier alpha value is -3.57. The van der Waals surface area contributed by atoms with E-state index < -0.39 is 35.9 Å². The van der Waals surface area contributed by atoms with Gasteiger partial charge in [0.1, 0.15) is 35.2 Å². The first-order chi connectivity index (χ1) is 17.2. The van der Waals surface area contributed by atoms with Crippen LogP contribution in [0, 0.1) is 18.7 Å². The molecule has 36 heavy (non-hydrogen) atoms. The Kier molecular flexibility index (Phi) is 6.35. The number of aliphatic hydroxyl groups excluding tert-OH is 2. The Balaban J connectivity index is 1.44. The lowest BCUT2D eigenvalue weighted by atomic mass is 10.1. The second-order valence-corrected chi connectivity index (χ2v) is 9.53. The van der Waals surface area contributed by atoms with E-state index >= 15 is 0 Å². The number of likely N-dealkylation sites (tertiary alicyclic amines) is 1. The molecule has 0 radical (unpaired) electrons. The molecule has 5 rings (SSSR count). The number of aromatic nitrogens is 3. The van der Waals surface area contributed by atoms with Gasteiger partial charge in [-0.05, 0) is 44.7 Å². The van der Waals surface area contributed by atoms with Gasteiger partial charge in [0.2, 0.25) is 0 Å². The third-order valence-electron chi connectivity index (χ3n) is 6.64. The van der Waals surface area contributed by atoms with Gasteiger partial charge < -0.3 is 30.2 Å². The number of H-pyrrole nitrogens is 1. The van der Waals surface area contributed by atoms with Crippen molar-refractivity contribution in [1.82, 2.24) is 25.2 Å². The van der Waals surface area contributed by atoms with Crippen molar-refractivity contribution in [2.45, 2.75) is 44.9 Å². The zero-order chi connectivity index (χ0) is 25.6. The first-order valence-corrected chi connectivity index (χ1v) is 11.9. The second-order valence-electron chi connectivity index (χ2n) is 9.53. The number of aryl methyl sites for hydroxylation is 1. The third-order valence-corrected chi connectivity index (χ3v) is 6.64. The number of nitrogens with zero attached hydrogens (tertiary/aromatic N) is 3. The molecule has 3 heterocycles. The molecule has 2 fully saturated rings. The molecule has 4 N–H and O–H groups in total. The lowest BCUT2D eigenvalue weighted by Gasteiger charge is -2.18. The molecule has 0 spiro atoms. The van der Waals surface area contributed by atoms with E-state index in [4.69, 9.17) is 4.74 Å². The molecule has 1 saturated heterocycles. The van der Waals surface area contributed by atoms with Gasteiger partial charge in [0.25, 0.3) is 11.8 Å². The molecule has 1 aliphatic heterocycles. The molecule has 2 aliphatic rings. The lowest BCUT2D eigenvalue weighted by Crippen LogP contribution is -2.43. The SMILES string of the molecule is Cc1[nH]c2c(-c3ccc(F)cc3OCC3CC3)ncnc2c1C(=O)N[C@H]1CN(C(=O)[C@H](C)O)C[C@H]1O. The molecule has 0 unspecified atom stereocenters. The van der Waals surface area contributed by atoms with Gasteiger partial charge in [-0.15, -0.1) is 0 Å². The Morgan fingerprint density at radius 2 is 2.08 bits per heavy atom.